The number of nitrogens with zero attached hydrogens (tertiary/aromatic N) is 1. The molecule has 1 radical (unpaired) electrons. The molecule has 0 saturated carbocycles. The summed E-state index contributed by atoms with van der Waals surface area (Å²) in [6.45, 7) is 0. The Morgan fingerprint density at radius 2 is 1.79 bits per heavy atom. The maximum absolute atomic E-state index is 14.1. The quantitative estimate of drug-likeness (QED) is 0.790. The molecule has 0 aliphatic heterocycles. The molecule has 0 atom stereocenters. The van der Waals surface area contributed by atoms with Crippen molar-refractivity contribution in [3.8, 4) is 33.8 Å². The first-order valence-electron chi connectivity index (χ1n) is 7.28. The number of halogens is 1. The summed E-state index contributed by atoms with van der Waals surface area (Å²) in [6.07, 6.45) is 1.65. The van der Waals surface area contributed by atoms with E-state index in [-0.39, 0.29) is 5.82 Å². The molecule has 1 aromatic heterocycles. The molecule has 2 N–H and O–H groups in total. The lowest BCUT2D eigenvalue weighted by molar-refractivity contribution is 0.355. The maximum Gasteiger partial charge on any atom is 0.161 e. The van der Waals surface area contributed by atoms with Gasteiger partial charge in [-0.15, -0.1) is 0 Å². The smallest absolute Gasteiger partial charge is 0.161 e. The van der Waals surface area contributed by atoms with Crippen LogP contribution in [0.2, 0.25) is 0 Å². The molecule has 0 aliphatic rings. The molecule has 3 rings (SSSR count). The highest BCUT2D eigenvalue weighted by Gasteiger charge is 2.12. The number of pyridine rings is 1. The molecule has 3 aromatic rings. The van der Waals surface area contributed by atoms with E-state index in [0.717, 1.165) is 11.1 Å². The Labute approximate surface area is 139 Å². The fourth-order valence-electron chi connectivity index (χ4n) is 2.49. The van der Waals surface area contributed by atoms with E-state index in [1.807, 2.05) is 24.3 Å². The van der Waals surface area contributed by atoms with Crippen LogP contribution in [0.25, 0.3) is 22.3 Å². The number of aromatic nitrogens is 1. The summed E-state index contributed by atoms with van der Waals surface area (Å²) in [5.41, 5.74) is 8.53. The van der Waals surface area contributed by atoms with E-state index < -0.39 is 5.82 Å². The molecular formula is C19H16FN2O2. The predicted molar refractivity (Wildman–Crippen MR) is 91.4 cm³/mol. The number of anilines is 1. The van der Waals surface area contributed by atoms with Crippen LogP contribution in [-0.4, -0.2) is 19.2 Å². The maximum atomic E-state index is 14.1. The molecule has 2 aromatic carbocycles. The minimum absolute atomic E-state index is 0.268. The van der Waals surface area contributed by atoms with Gasteiger partial charge in [0.25, 0.3) is 0 Å². The number of nitrogens with two attached hydrogens (primary N) is 1. The first kappa shape index (κ1) is 15.8. The van der Waals surface area contributed by atoms with Gasteiger partial charge in [0, 0.05) is 22.9 Å². The van der Waals surface area contributed by atoms with Gasteiger partial charge in [-0.3, -0.25) is 0 Å². The highest BCUT2D eigenvalue weighted by atomic mass is 19.1. The van der Waals surface area contributed by atoms with E-state index in [1.165, 1.54) is 6.07 Å². The molecule has 24 heavy (non-hydrogen) atoms. The van der Waals surface area contributed by atoms with Gasteiger partial charge in [0.05, 0.1) is 14.2 Å². The molecule has 0 amide bonds. The Balaban J connectivity index is 2.11. The van der Waals surface area contributed by atoms with Gasteiger partial charge < -0.3 is 15.2 Å². The minimum Gasteiger partial charge on any atom is -0.493 e. The standard InChI is InChI=1S/C19H16FN2O2/c1-23-17-8-7-12(10-18(17)24-2)13-9-15(19(21)22-11-13)14-5-3-4-6-16(14)20/h3,5-11H,1-2H3,(H2,21,22). The number of hydrogen-bond donors (Lipinski definition) is 1. The molecule has 0 saturated heterocycles. The van der Waals surface area contributed by atoms with E-state index in [1.54, 1.807) is 32.5 Å². The van der Waals surface area contributed by atoms with Crippen molar-refractivity contribution in [2.24, 2.45) is 0 Å². The van der Waals surface area contributed by atoms with Crippen LogP contribution in [0.3, 0.4) is 0 Å². The third-order valence-corrected chi connectivity index (χ3v) is 3.74. The van der Waals surface area contributed by atoms with Gasteiger partial charge in [0.2, 0.25) is 0 Å². The van der Waals surface area contributed by atoms with Gasteiger partial charge in [-0.05, 0) is 35.9 Å². The van der Waals surface area contributed by atoms with Crippen molar-refractivity contribution in [3.63, 3.8) is 0 Å². The monoisotopic (exact) mass is 323 g/mol. The van der Waals surface area contributed by atoms with Gasteiger partial charge in [-0.2, -0.15) is 0 Å². The van der Waals surface area contributed by atoms with Crippen LogP contribution in [0, 0.1) is 11.9 Å². The Hall–Kier alpha value is -3.08. The number of ether oxygens (including phenoxy) is 2. The van der Waals surface area contributed by atoms with E-state index in [2.05, 4.69) is 11.1 Å². The van der Waals surface area contributed by atoms with E-state index in [4.69, 9.17) is 15.2 Å². The van der Waals surface area contributed by atoms with Crippen molar-refractivity contribution in [1.82, 2.24) is 4.98 Å². The largest absolute Gasteiger partial charge is 0.493 e. The van der Waals surface area contributed by atoms with Gasteiger partial charge in [0.15, 0.2) is 11.5 Å². The molecule has 0 spiro atoms. The van der Waals surface area contributed by atoms with Crippen molar-refractivity contribution < 1.29 is 13.9 Å². The van der Waals surface area contributed by atoms with Gasteiger partial charge in [-0.1, -0.05) is 18.2 Å². The fourth-order valence-corrected chi connectivity index (χ4v) is 2.49. The molecule has 0 aliphatic carbocycles. The summed E-state index contributed by atoms with van der Waals surface area (Å²) in [6, 6.07) is 14.6. The minimum atomic E-state index is -0.393. The molecular weight excluding hydrogens is 307 g/mol. The number of methoxy groups -OCH3 is 2. The molecule has 5 heteroatoms. The zero-order valence-corrected chi connectivity index (χ0v) is 13.3. The second-order valence-electron chi connectivity index (χ2n) is 5.13. The van der Waals surface area contributed by atoms with Crippen LogP contribution in [-0.2, 0) is 0 Å². The lowest BCUT2D eigenvalue weighted by Gasteiger charge is -2.12. The van der Waals surface area contributed by atoms with Crippen LogP contribution >= 0.6 is 0 Å². The zero-order chi connectivity index (χ0) is 17.1. The van der Waals surface area contributed by atoms with Crippen LogP contribution in [0.15, 0.2) is 48.7 Å². The van der Waals surface area contributed by atoms with Crippen LogP contribution in [0.5, 0.6) is 11.5 Å². The number of hydrogen-bond acceptors (Lipinski definition) is 4. The fraction of sp³-hybridized carbons (Fsp3) is 0.105. The lowest BCUT2D eigenvalue weighted by atomic mass is 10.0. The third-order valence-electron chi connectivity index (χ3n) is 3.74. The predicted octanol–water partition coefficient (Wildman–Crippen LogP) is 3.95. The molecule has 0 bridgehead atoms. The van der Waals surface area contributed by atoms with E-state index in [9.17, 15) is 4.39 Å². The van der Waals surface area contributed by atoms with Crippen LogP contribution < -0.4 is 15.2 Å². The average molecular weight is 323 g/mol. The molecule has 4 nitrogen and oxygen atoms in total. The summed E-state index contributed by atoms with van der Waals surface area (Å²) in [4.78, 5) is 4.20. The van der Waals surface area contributed by atoms with Crippen molar-refractivity contribution in [1.29, 1.82) is 0 Å². The van der Waals surface area contributed by atoms with Crippen molar-refractivity contribution in [2.45, 2.75) is 0 Å². The summed E-state index contributed by atoms with van der Waals surface area (Å²) in [5.74, 6) is 1.11. The Bertz CT molecular complexity index is 881. The van der Waals surface area contributed by atoms with Gasteiger partial charge in [0.1, 0.15) is 11.6 Å². The van der Waals surface area contributed by atoms with E-state index in [0.29, 0.717) is 22.6 Å². The zero-order valence-electron chi connectivity index (χ0n) is 13.3. The number of nitrogen functional groups attached to an aromatic ring is 1. The van der Waals surface area contributed by atoms with Gasteiger partial charge in [-0.25, -0.2) is 9.37 Å². The Morgan fingerprint density at radius 1 is 1.00 bits per heavy atom. The second-order valence-corrected chi connectivity index (χ2v) is 5.13. The third kappa shape index (κ3) is 2.88. The average Bonchev–Trinajstić information content (AvgIpc) is 2.62. The first-order valence-corrected chi connectivity index (χ1v) is 7.28. The van der Waals surface area contributed by atoms with Crippen molar-refractivity contribution in [3.05, 3.63) is 60.5 Å². The highest BCUT2D eigenvalue weighted by molar-refractivity contribution is 5.80. The summed E-state index contributed by atoms with van der Waals surface area (Å²) in [5, 5.41) is 0. The SMILES string of the molecule is COc1ccc(-c2cnc(N)c(-c3cc[c]cc3F)c2)cc1OC. The first-order chi connectivity index (χ1) is 11.6. The summed E-state index contributed by atoms with van der Waals surface area (Å²) in [7, 11) is 3.15. The molecule has 121 valence electrons. The van der Waals surface area contributed by atoms with Crippen molar-refractivity contribution >= 4 is 5.82 Å². The van der Waals surface area contributed by atoms with Gasteiger partial charge >= 0.3 is 0 Å². The molecule has 0 unspecified atom stereocenters. The molecule has 0 fully saturated rings. The van der Waals surface area contributed by atoms with Crippen LogP contribution in [0.1, 0.15) is 0 Å². The highest BCUT2D eigenvalue weighted by Crippen LogP contribution is 2.35. The summed E-state index contributed by atoms with van der Waals surface area (Å²) >= 11 is 0. The number of benzene rings is 2. The second kappa shape index (κ2) is 6.58. The normalized spacial score (nSPS) is 10.5. The lowest BCUT2D eigenvalue weighted by Crippen LogP contribution is -1.97. The topological polar surface area (TPSA) is 57.4 Å². The van der Waals surface area contributed by atoms with Crippen LogP contribution in [0.4, 0.5) is 10.2 Å². The van der Waals surface area contributed by atoms with Crippen molar-refractivity contribution in [2.75, 3.05) is 20.0 Å². The summed E-state index contributed by atoms with van der Waals surface area (Å²) < 4.78 is 24.6. The molecule has 1 heterocycles. The Kier molecular flexibility index (Phi) is 4.33. The van der Waals surface area contributed by atoms with E-state index >= 15 is 0 Å². The number of rotatable bonds is 4. The Morgan fingerprint density at radius 3 is 2.50 bits per heavy atom.